The molecule has 3 heteroatoms. The third-order valence-corrected chi connectivity index (χ3v) is 2.69. The van der Waals surface area contributed by atoms with E-state index >= 15 is 0 Å². The van der Waals surface area contributed by atoms with Crippen LogP contribution in [0.25, 0.3) is 0 Å². The molecule has 0 aliphatic carbocycles. The number of hydrogen-bond acceptors (Lipinski definition) is 2. The van der Waals surface area contributed by atoms with E-state index < -0.39 is 0 Å². The molecule has 0 saturated carbocycles. The Kier molecular flexibility index (Phi) is 5.35. The minimum Gasteiger partial charge on any atom is -0.352 e. The van der Waals surface area contributed by atoms with Gasteiger partial charge in [-0.25, -0.2) is 0 Å². The molecule has 1 aromatic rings. The SMILES string of the molecule is CNCCc1ccccc1C(=O)NCC(C)(C)C. The Bertz CT molecular complexity index is 394. The molecule has 0 unspecified atom stereocenters. The Labute approximate surface area is 110 Å². The number of benzene rings is 1. The molecule has 0 aliphatic heterocycles. The molecule has 1 rings (SSSR count). The van der Waals surface area contributed by atoms with E-state index in [-0.39, 0.29) is 11.3 Å². The van der Waals surface area contributed by atoms with Crippen LogP contribution in [0.3, 0.4) is 0 Å². The Morgan fingerprint density at radius 3 is 2.50 bits per heavy atom. The van der Waals surface area contributed by atoms with Gasteiger partial charge < -0.3 is 10.6 Å². The van der Waals surface area contributed by atoms with Crippen LogP contribution in [0.2, 0.25) is 0 Å². The third kappa shape index (κ3) is 4.88. The van der Waals surface area contributed by atoms with Crippen molar-refractivity contribution in [1.29, 1.82) is 0 Å². The highest BCUT2D eigenvalue weighted by Gasteiger charge is 2.14. The van der Waals surface area contributed by atoms with Gasteiger partial charge in [0, 0.05) is 12.1 Å². The predicted molar refractivity (Wildman–Crippen MR) is 75.9 cm³/mol. The summed E-state index contributed by atoms with van der Waals surface area (Å²) in [5.74, 6) is 0.0247. The maximum absolute atomic E-state index is 12.1. The van der Waals surface area contributed by atoms with Crippen LogP contribution in [0.5, 0.6) is 0 Å². The molecule has 0 spiro atoms. The maximum Gasteiger partial charge on any atom is 0.251 e. The summed E-state index contributed by atoms with van der Waals surface area (Å²) in [7, 11) is 1.92. The normalized spacial score (nSPS) is 11.3. The van der Waals surface area contributed by atoms with E-state index in [2.05, 4.69) is 31.4 Å². The zero-order chi connectivity index (χ0) is 13.6. The molecule has 1 aromatic carbocycles. The summed E-state index contributed by atoms with van der Waals surface area (Å²) in [5, 5.41) is 6.10. The number of likely N-dealkylation sites (N-methyl/N-ethyl adjacent to an activating group) is 1. The van der Waals surface area contributed by atoms with E-state index in [4.69, 9.17) is 0 Å². The molecule has 100 valence electrons. The van der Waals surface area contributed by atoms with Crippen molar-refractivity contribution in [3.63, 3.8) is 0 Å². The molecule has 0 aromatic heterocycles. The standard InChI is InChI=1S/C15H24N2O/c1-15(2,3)11-17-14(18)13-8-6-5-7-12(13)9-10-16-4/h5-8,16H,9-11H2,1-4H3,(H,17,18). The van der Waals surface area contributed by atoms with E-state index in [9.17, 15) is 4.79 Å². The van der Waals surface area contributed by atoms with Crippen molar-refractivity contribution in [3.05, 3.63) is 35.4 Å². The number of carbonyl (C=O) groups excluding carboxylic acids is 1. The molecule has 0 saturated heterocycles. The van der Waals surface area contributed by atoms with Gasteiger partial charge in [0.25, 0.3) is 5.91 Å². The van der Waals surface area contributed by atoms with Gasteiger partial charge in [-0.3, -0.25) is 4.79 Å². The Hall–Kier alpha value is -1.35. The largest absolute Gasteiger partial charge is 0.352 e. The molecule has 0 fully saturated rings. The lowest BCUT2D eigenvalue weighted by Gasteiger charge is -2.19. The first kappa shape index (κ1) is 14.7. The molecule has 3 nitrogen and oxygen atoms in total. The zero-order valence-corrected chi connectivity index (χ0v) is 11.8. The lowest BCUT2D eigenvalue weighted by molar-refractivity contribution is 0.0938. The van der Waals surface area contributed by atoms with Crippen LogP contribution < -0.4 is 10.6 Å². The van der Waals surface area contributed by atoms with Gasteiger partial charge >= 0.3 is 0 Å². The Morgan fingerprint density at radius 1 is 1.22 bits per heavy atom. The summed E-state index contributed by atoms with van der Waals surface area (Å²) in [4.78, 5) is 12.1. The highest BCUT2D eigenvalue weighted by atomic mass is 16.1. The molecule has 18 heavy (non-hydrogen) atoms. The quantitative estimate of drug-likeness (QED) is 0.839. The van der Waals surface area contributed by atoms with E-state index in [1.54, 1.807) is 0 Å². The van der Waals surface area contributed by atoms with Crippen molar-refractivity contribution in [2.45, 2.75) is 27.2 Å². The van der Waals surface area contributed by atoms with Gasteiger partial charge in [-0.2, -0.15) is 0 Å². The number of rotatable bonds is 5. The molecular weight excluding hydrogens is 224 g/mol. The molecule has 0 atom stereocenters. The van der Waals surface area contributed by atoms with Crippen LogP contribution in [0.1, 0.15) is 36.7 Å². The highest BCUT2D eigenvalue weighted by molar-refractivity contribution is 5.95. The van der Waals surface area contributed by atoms with Gasteiger partial charge in [0.15, 0.2) is 0 Å². The summed E-state index contributed by atoms with van der Waals surface area (Å²) in [5.41, 5.74) is 1.99. The zero-order valence-electron chi connectivity index (χ0n) is 11.8. The fourth-order valence-electron chi connectivity index (χ4n) is 1.66. The summed E-state index contributed by atoms with van der Waals surface area (Å²) in [6, 6.07) is 7.80. The van der Waals surface area contributed by atoms with Gasteiger partial charge in [0.1, 0.15) is 0 Å². The van der Waals surface area contributed by atoms with E-state index in [0.29, 0.717) is 6.54 Å². The van der Waals surface area contributed by atoms with Crippen LogP contribution in [-0.4, -0.2) is 26.0 Å². The Morgan fingerprint density at radius 2 is 1.89 bits per heavy atom. The predicted octanol–water partition coefficient (Wildman–Crippen LogP) is 2.22. The fraction of sp³-hybridized carbons (Fsp3) is 0.533. The van der Waals surface area contributed by atoms with Crippen molar-refractivity contribution in [1.82, 2.24) is 10.6 Å². The first-order chi connectivity index (χ1) is 8.44. The smallest absolute Gasteiger partial charge is 0.251 e. The van der Waals surface area contributed by atoms with Crippen molar-refractivity contribution >= 4 is 5.91 Å². The van der Waals surface area contributed by atoms with Crippen molar-refractivity contribution in [2.24, 2.45) is 5.41 Å². The van der Waals surface area contributed by atoms with Gasteiger partial charge in [-0.05, 0) is 37.1 Å². The van der Waals surface area contributed by atoms with Gasteiger partial charge in [0.2, 0.25) is 0 Å². The summed E-state index contributed by atoms with van der Waals surface area (Å²) in [6.07, 6.45) is 0.871. The highest BCUT2D eigenvalue weighted by Crippen LogP contribution is 2.13. The molecule has 0 bridgehead atoms. The second kappa shape index (κ2) is 6.55. The first-order valence-corrected chi connectivity index (χ1v) is 6.45. The average Bonchev–Trinajstić information content (AvgIpc) is 2.33. The van der Waals surface area contributed by atoms with Crippen LogP contribution in [0.4, 0.5) is 0 Å². The summed E-state index contributed by atoms with van der Waals surface area (Å²) >= 11 is 0. The van der Waals surface area contributed by atoms with Gasteiger partial charge in [-0.15, -0.1) is 0 Å². The van der Waals surface area contributed by atoms with Crippen LogP contribution in [0.15, 0.2) is 24.3 Å². The van der Waals surface area contributed by atoms with Gasteiger partial charge in [0.05, 0.1) is 0 Å². The second-order valence-electron chi connectivity index (χ2n) is 5.75. The summed E-state index contributed by atoms with van der Waals surface area (Å²) in [6.45, 7) is 7.90. The Balaban J connectivity index is 2.72. The maximum atomic E-state index is 12.1. The van der Waals surface area contributed by atoms with Crippen molar-refractivity contribution < 1.29 is 4.79 Å². The minimum absolute atomic E-state index is 0.0247. The van der Waals surface area contributed by atoms with Crippen molar-refractivity contribution in [2.75, 3.05) is 20.1 Å². The topological polar surface area (TPSA) is 41.1 Å². The lowest BCUT2D eigenvalue weighted by atomic mass is 9.96. The number of hydrogen-bond donors (Lipinski definition) is 2. The van der Waals surface area contributed by atoms with E-state index in [0.717, 1.165) is 24.1 Å². The molecule has 0 radical (unpaired) electrons. The number of amides is 1. The molecule has 0 aliphatic rings. The third-order valence-electron chi connectivity index (χ3n) is 2.69. The van der Waals surface area contributed by atoms with Gasteiger partial charge in [-0.1, -0.05) is 39.0 Å². The summed E-state index contributed by atoms with van der Waals surface area (Å²) < 4.78 is 0. The van der Waals surface area contributed by atoms with Crippen LogP contribution in [-0.2, 0) is 6.42 Å². The first-order valence-electron chi connectivity index (χ1n) is 6.45. The van der Waals surface area contributed by atoms with Crippen LogP contribution >= 0.6 is 0 Å². The number of carbonyl (C=O) groups is 1. The fourth-order valence-corrected chi connectivity index (χ4v) is 1.66. The van der Waals surface area contributed by atoms with E-state index in [1.807, 2.05) is 31.3 Å². The monoisotopic (exact) mass is 248 g/mol. The van der Waals surface area contributed by atoms with E-state index in [1.165, 1.54) is 0 Å². The minimum atomic E-state index is 0.0247. The molecule has 0 heterocycles. The lowest BCUT2D eigenvalue weighted by Crippen LogP contribution is -2.33. The second-order valence-corrected chi connectivity index (χ2v) is 5.75. The van der Waals surface area contributed by atoms with Crippen LogP contribution in [0, 0.1) is 5.41 Å². The molecule has 2 N–H and O–H groups in total. The van der Waals surface area contributed by atoms with Crippen molar-refractivity contribution in [3.8, 4) is 0 Å². The molecule has 1 amide bonds. The average molecular weight is 248 g/mol. The molecular formula is C15H24N2O. The number of nitrogens with one attached hydrogen (secondary N) is 2.